The molecule has 31 heavy (non-hydrogen) atoms. The minimum absolute atomic E-state index is 0.0673. The van der Waals surface area contributed by atoms with Crippen molar-refractivity contribution in [3.05, 3.63) is 95.4 Å². The van der Waals surface area contributed by atoms with Crippen LogP contribution < -0.4 is 4.90 Å². The van der Waals surface area contributed by atoms with Gasteiger partial charge in [-0.15, -0.1) is 0 Å². The van der Waals surface area contributed by atoms with Crippen molar-refractivity contribution in [1.29, 1.82) is 0 Å². The lowest BCUT2D eigenvalue weighted by Crippen LogP contribution is -2.30. The third-order valence-corrected chi connectivity index (χ3v) is 6.40. The summed E-state index contributed by atoms with van der Waals surface area (Å²) in [7, 11) is 0. The molecular weight excluding hydrogens is 409 g/mol. The predicted octanol–water partition coefficient (Wildman–Crippen LogP) is 5.04. The molecule has 0 aliphatic carbocycles. The Bertz CT molecular complexity index is 1260. The third-order valence-electron chi connectivity index (χ3n) is 5.41. The van der Waals surface area contributed by atoms with Crippen LogP contribution >= 0.6 is 11.8 Å². The lowest BCUT2D eigenvalue weighted by Gasteiger charge is -2.17. The van der Waals surface area contributed by atoms with Crippen LogP contribution in [0.3, 0.4) is 0 Å². The number of benzene rings is 3. The van der Waals surface area contributed by atoms with E-state index in [4.69, 9.17) is 9.97 Å². The molecule has 6 heteroatoms. The largest absolute Gasteiger partial charge is 0.311 e. The van der Waals surface area contributed by atoms with Crippen molar-refractivity contribution < 1.29 is 9.18 Å². The maximum absolute atomic E-state index is 13.3. The second-order valence-corrected chi connectivity index (χ2v) is 8.44. The molecule has 0 unspecified atom stereocenters. The number of carbonyl (C=O) groups excluding carboxylic acids is 1. The highest BCUT2D eigenvalue weighted by atomic mass is 32.2. The van der Waals surface area contributed by atoms with Crippen molar-refractivity contribution in [3.63, 3.8) is 0 Å². The molecule has 5 rings (SSSR count). The van der Waals surface area contributed by atoms with E-state index in [2.05, 4.69) is 6.07 Å². The van der Waals surface area contributed by atoms with Gasteiger partial charge in [-0.3, -0.25) is 4.79 Å². The fourth-order valence-electron chi connectivity index (χ4n) is 3.85. The van der Waals surface area contributed by atoms with Crippen LogP contribution in [0.2, 0.25) is 0 Å². The van der Waals surface area contributed by atoms with Crippen LogP contribution in [0, 0.1) is 5.82 Å². The van der Waals surface area contributed by atoms with Gasteiger partial charge in [0.15, 0.2) is 0 Å². The van der Waals surface area contributed by atoms with Crippen molar-refractivity contribution in [2.45, 2.75) is 17.9 Å². The molecule has 0 radical (unpaired) electrons. The van der Waals surface area contributed by atoms with Crippen molar-refractivity contribution >= 4 is 34.4 Å². The molecular formula is C25H20FN3OS. The van der Waals surface area contributed by atoms with Gasteiger partial charge in [-0.25, -0.2) is 14.4 Å². The Morgan fingerprint density at radius 1 is 0.935 bits per heavy atom. The van der Waals surface area contributed by atoms with E-state index in [0.29, 0.717) is 13.0 Å². The van der Waals surface area contributed by atoms with Gasteiger partial charge in [-0.2, -0.15) is 0 Å². The molecule has 154 valence electrons. The smallest absolute Gasteiger partial charge is 0.237 e. The van der Waals surface area contributed by atoms with E-state index in [1.54, 1.807) is 12.1 Å². The first kappa shape index (κ1) is 19.7. The number of thioether (sulfide) groups is 1. The zero-order chi connectivity index (χ0) is 21.2. The Morgan fingerprint density at radius 3 is 2.45 bits per heavy atom. The highest BCUT2D eigenvalue weighted by Crippen LogP contribution is 2.30. The third kappa shape index (κ3) is 4.16. The number of rotatable bonds is 5. The lowest BCUT2D eigenvalue weighted by molar-refractivity contribution is -0.116. The molecule has 3 aromatic carbocycles. The number of carbonyl (C=O) groups is 1. The van der Waals surface area contributed by atoms with E-state index in [9.17, 15) is 9.18 Å². The zero-order valence-electron chi connectivity index (χ0n) is 16.8. The fraction of sp³-hybridized carbons (Fsp3) is 0.160. The van der Waals surface area contributed by atoms with Gasteiger partial charge in [0.2, 0.25) is 5.91 Å². The molecule has 0 fully saturated rings. The number of hydrogen-bond acceptors (Lipinski definition) is 4. The average Bonchev–Trinajstić information content (AvgIpc) is 3.23. The number of fused-ring (bicyclic) bond motifs is 2. The topological polar surface area (TPSA) is 46.1 Å². The average molecular weight is 430 g/mol. The van der Waals surface area contributed by atoms with Crippen LogP contribution in [0.4, 0.5) is 10.1 Å². The molecule has 0 N–H and O–H groups in total. The SMILES string of the molecule is O=C(CSc1nc2ccccc2nc1Cc1ccc(F)cc1)N1CCc2ccccc21. The maximum atomic E-state index is 13.3. The normalized spacial score (nSPS) is 12.9. The fourth-order valence-corrected chi connectivity index (χ4v) is 4.72. The monoisotopic (exact) mass is 429 g/mol. The highest BCUT2D eigenvalue weighted by Gasteiger charge is 2.24. The summed E-state index contributed by atoms with van der Waals surface area (Å²) < 4.78 is 13.3. The van der Waals surface area contributed by atoms with Crippen LogP contribution in [0.1, 0.15) is 16.8 Å². The summed E-state index contributed by atoms with van der Waals surface area (Å²) in [6.07, 6.45) is 1.42. The van der Waals surface area contributed by atoms with E-state index < -0.39 is 0 Å². The first-order chi connectivity index (χ1) is 15.2. The second-order valence-electron chi connectivity index (χ2n) is 7.48. The Morgan fingerprint density at radius 2 is 1.65 bits per heavy atom. The molecule has 1 aromatic heterocycles. The number of anilines is 1. The summed E-state index contributed by atoms with van der Waals surface area (Å²) in [5.41, 5.74) is 5.57. The molecule has 4 aromatic rings. The van der Waals surface area contributed by atoms with E-state index in [1.807, 2.05) is 47.4 Å². The van der Waals surface area contributed by atoms with Crippen LogP contribution in [0.15, 0.2) is 77.8 Å². The Labute approximate surface area is 184 Å². The molecule has 0 saturated carbocycles. The number of aromatic nitrogens is 2. The summed E-state index contributed by atoms with van der Waals surface area (Å²) in [6, 6.07) is 22.2. The van der Waals surface area contributed by atoms with Gasteiger partial charge in [0.25, 0.3) is 0 Å². The van der Waals surface area contributed by atoms with Crippen LogP contribution in [-0.2, 0) is 17.6 Å². The molecule has 4 nitrogen and oxygen atoms in total. The second kappa shape index (κ2) is 8.47. The Balaban J connectivity index is 1.40. The van der Waals surface area contributed by atoms with Crippen molar-refractivity contribution in [3.8, 4) is 0 Å². The first-order valence-corrected chi connectivity index (χ1v) is 11.2. The van der Waals surface area contributed by atoms with E-state index >= 15 is 0 Å². The summed E-state index contributed by atoms with van der Waals surface area (Å²) >= 11 is 1.42. The van der Waals surface area contributed by atoms with Crippen molar-refractivity contribution in [1.82, 2.24) is 9.97 Å². The van der Waals surface area contributed by atoms with Gasteiger partial charge in [0.1, 0.15) is 10.8 Å². The maximum Gasteiger partial charge on any atom is 0.237 e. The van der Waals surface area contributed by atoms with Gasteiger partial charge in [-0.1, -0.05) is 54.2 Å². The minimum atomic E-state index is -0.264. The molecule has 1 aliphatic rings. The van der Waals surface area contributed by atoms with Crippen LogP contribution in [0.25, 0.3) is 11.0 Å². The van der Waals surface area contributed by atoms with E-state index in [-0.39, 0.29) is 17.5 Å². The quantitative estimate of drug-likeness (QED) is 0.417. The Kier molecular flexibility index (Phi) is 5.38. The van der Waals surface area contributed by atoms with Crippen molar-refractivity contribution in [2.75, 3.05) is 17.2 Å². The van der Waals surface area contributed by atoms with Crippen LogP contribution in [-0.4, -0.2) is 28.2 Å². The first-order valence-electron chi connectivity index (χ1n) is 10.2. The van der Waals surface area contributed by atoms with Gasteiger partial charge < -0.3 is 4.90 Å². The molecule has 1 amide bonds. The number of amides is 1. The standard InChI is InChI=1S/C25H20FN3OS/c26-19-11-9-17(10-12-19)15-22-25(28-21-7-3-2-6-20(21)27-22)31-16-24(30)29-14-13-18-5-1-4-8-23(18)29/h1-12H,13-16H2. The zero-order valence-corrected chi connectivity index (χ0v) is 17.6. The van der Waals surface area contributed by atoms with Gasteiger partial charge in [0.05, 0.1) is 22.5 Å². The number of para-hydroxylation sites is 3. The summed E-state index contributed by atoms with van der Waals surface area (Å²) in [5, 5.41) is 0.740. The van der Waals surface area contributed by atoms with Gasteiger partial charge >= 0.3 is 0 Å². The summed E-state index contributed by atoms with van der Waals surface area (Å²) in [4.78, 5) is 24.4. The van der Waals surface area contributed by atoms with Gasteiger partial charge in [0, 0.05) is 18.7 Å². The predicted molar refractivity (Wildman–Crippen MR) is 122 cm³/mol. The number of hydrogen-bond donors (Lipinski definition) is 0. The number of nitrogens with zero attached hydrogens (tertiary/aromatic N) is 3. The molecule has 1 aliphatic heterocycles. The van der Waals surface area contributed by atoms with Gasteiger partial charge in [-0.05, 0) is 47.9 Å². The van der Waals surface area contributed by atoms with E-state index in [1.165, 1.54) is 29.5 Å². The van der Waals surface area contributed by atoms with Crippen LogP contribution in [0.5, 0.6) is 0 Å². The summed E-state index contributed by atoms with van der Waals surface area (Å²) in [5.74, 6) is 0.0923. The minimum Gasteiger partial charge on any atom is -0.311 e. The molecule has 0 atom stereocenters. The molecule has 0 saturated heterocycles. The molecule has 0 spiro atoms. The highest BCUT2D eigenvalue weighted by molar-refractivity contribution is 8.00. The van der Waals surface area contributed by atoms with E-state index in [0.717, 1.165) is 39.4 Å². The summed E-state index contributed by atoms with van der Waals surface area (Å²) in [6.45, 7) is 0.713. The lowest BCUT2D eigenvalue weighted by atomic mass is 10.1. The molecule has 2 heterocycles. The number of halogens is 1. The van der Waals surface area contributed by atoms with Crippen molar-refractivity contribution in [2.24, 2.45) is 0 Å². The Hall–Kier alpha value is -3.25. The molecule has 0 bridgehead atoms.